The summed E-state index contributed by atoms with van der Waals surface area (Å²) in [6.45, 7) is 9.85. The van der Waals surface area contributed by atoms with Crippen LogP contribution in [0.25, 0.3) is 0 Å². The molecule has 0 aliphatic carbocycles. The lowest BCUT2D eigenvalue weighted by Crippen LogP contribution is -2.25. The molecule has 0 aromatic heterocycles. The number of hydrogen-bond acceptors (Lipinski definition) is 3. The quantitative estimate of drug-likeness (QED) is 0.351. The molecule has 3 nitrogen and oxygen atoms in total. The highest BCUT2D eigenvalue weighted by Gasteiger charge is 2.23. The van der Waals surface area contributed by atoms with Crippen LogP contribution in [0.3, 0.4) is 0 Å². The van der Waals surface area contributed by atoms with Gasteiger partial charge in [0.15, 0.2) is 6.79 Å². The van der Waals surface area contributed by atoms with E-state index in [0.29, 0.717) is 0 Å². The van der Waals surface area contributed by atoms with Crippen LogP contribution in [-0.2, 0) is 14.3 Å². The highest BCUT2D eigenvalue weighted by atomic mass is 16.7. The molecule has 0 saturated carbocycles. The molecular weight excluding hydrogens is 228 g/mol. The second-order valence-electron chi connectivity index (χ2n) is 5.98. The minimum atomic E-state index is -0.452. The van der Waals surface area contributed by atoms with Crippen molar-refractivity contribution in [3.63, 3.8) is 0 Å². The first-order valence-corrected chi connectivity index (χ1v) is 7.16. The Bertz CT molecular complexity index is 218. The van der Waals surface area contributed by atoms with Crippen LogP contribution in [0.5, 0.6) is 0 Å². The van der Waals surface area contributed by atoms with E-state index in [0.717, 1.165) is 6.42 Å². The lowest BCUT2D eigenvalue weighted by molar-refractivity contribution is -0.169. The first-order valence-electron chi connectivity index (χ1n) is 7.16. The van der Waals surface area contributed by atoms with Gasteiger partial charge in [-0.1, -0.05) is 39.0 Å². The average molecular weight is 258 g/mol. The van der Waals surface area contributed by atoms with E-state index in [-0.39, 0.29) is 18.9 Å². The van der Waals surface area contributed by atoms with E-state index in [1.165, 1.54) is 32.1 Å². The van der Waals surface area contributed by atoms with E-state index in [4.69, 9.17) is 9.47 Å². The van der Waals surface area contributed by atoms with Crippen molar-refractivity contribution in [1.29, 1.82) is 0 Å². The Balaban J connectivity index is 3.48. The third-order valence-electron chi connectivity index (χ3n) is 2.87. The highest BCUT2D eigenvalue weighted by molar-refractivity contribution is 5.75. The Labute approximate surface area is 112 Å². The summed E-state index contributed by atoms with van der Waals surface area (Å²) in [5, 5.41) is 0. The molecule has 1 unspecified atom stereocenters. The molecule has 0 N–H and O–H groups in total. The summed E-state index contributed by atoms with van der Waals surface area (Å²) in [5.74, 6) is -0.211. The number of carbonyl (C=O) groups excluding carboxylic acids is 1. The van der Waals surface area contributed by atoms with Gasteiger partial charge < -0.3 is 9.47 Å². The van der Waals surface area contributed by atoms with E-state index in [9.17, 15) is 4.79 Å². The third-order valence-corrected chi connectivity index (χ3v) is 2.87. The predicted octanol–water partition coefficient (Wildman–Crippen LogP) is 4.30. The maximum absolute atomic E-state index is 11.5. The van der Waals surface area contributed by atoms with Gasteiger partial charge in [-0.2, -0.15) is 0 Å². The minimum absolute atomic E-state index is 0.0756. The van der Waals surface area contributed by atoms with Gasteiger partial charge >= 0.3 is 5.97 Å². The molecule has 0 aromatic rings. The average Bonchev–Trinajstić information content (AvgIpc) is 2.27. The monoisotopic (exact) mass is 258 g/mol. The van der Waals surface area contributed by atoms with Crippen molar-refractivity contribution in [3.05, 3.63) is 0 Å². The maximum Gasteiger partial charge on any atom is 0.313 e. The highest BCUT2D eigenvalue weighted by Crippen LogP contribution is 2.15. The van der Waals surface area contributed by atoms with Crippen molar-refractivity contribution in [2.45, 2.75) is 79.2 Å². The molecule has 0 spiro atoms. The van der Waals surface area contributed by atoms with Gasteiger partial charge in [0, 0.05) is 0 Å². The van der Waals surface area contributed by atoms with E-state index in [2.05, 4.69) is 6.92 Å². The van der Waals surface area contributed by atoms with Crippen molar-refractivity contribution < 1.29 is 14.3 Å². The zero-order valence-electron chi connectivity index (χ0n) is 12.8. The first kappa shape index (κ1) is 17.4. The van der Waals surface area contributed by atoms with Crippen LogP contribution >= 0.6 is 0 Å². The topological polar surface area (TPSA) is 35.5 Å². The number of esters is 1. The molecule has 0 saturated heterocycles. The number of rotatable bonds is 9. The summed E-state index contributed by atoms with van der Waals surface area (Å²) in [7, 11) is 0. The normalized spacial score (nSPS) is 13.4. The Morgan fingerprint density at radius 3 is 2.28 bits per heavy atom. The summed E-state index contributed by atoms with van der Waals surface area (Å²) in [6, 6.07) is 0. The molecule has 0 heterocycles. The lowest BCUT2D eigenvalue weighted by Gasteiger charge is -2.18. The van der Waals surface area contributed by atoms with Crippen LogP contribution in [0, 0.1) is 5.41 Å². The molecule has 108 valence electrons. The van der Waals surface area contributed by atoms with Crippen LogP contribution in [-0.4, -0.2) is 18.9 Å². The van der Waals surface area contributed by atoms with Crippen molar-refractivity contribution in [3.8, 4) is 0 Å². The zero-order valence-corrected chi connectivity index (χ0v) is 12.8. The van der Waals surface area contributed by atoms with Crippen LogP contribution in [0.4, 0.5) is 0 Å². The first-order chi connectivity index (χ1) is 8.38. The summed E-state index contributed by atoms with van der Waals surface area (Å²) in [6.07, 6.45) is 7.56. The van der Waals surface area contributed by atoms with E-state index < -0.39 is 5.41 Å². The second-order valence-corrected chi connectivity index (χ2v) is 5.98. The summed E-state index contributed by atoms with van der Waals surface area (Å²) in [4.78, 5) is 11.5. The van der Waals surface area contributed by atoms with Crippen LogP contribution in [0.2, 0.25) is 0 Å². The second kappa shape index (κ2) is 9.37. The van der Waals surface area contributed by atoms with Gasteiger partial charge in [-0.25, -0.2) is 0 Å². The summed E-state index contributed by atoms with van der Waals surface area (Å²) >= 11 is 0. The minimum Gasteiger partial charge on any atom is -0.438 e. The Morgan fingerprint density at radius 1 is 1.11 bits per heavy atom. The summed E-state index contributed by atoms with van der Waals surface area (Å²) < 4.78 is 10.5. The fraction of sp³-hybridized carbons (Fsp3) is 0.933. The van der Waals surface area contributed by atoms with Crippen LogP contribution < -0.4 is 0 Å². The van der Waals surface area contributed by atoms with Gasteiger partial charge in [-0.3, -0.25) is 4.79 Å². The number of hydrogen-bond donors (Lipinski definition) is 0. The molecule has 3 heteroatoms. The van der Waals surface area contributed by atoms with Gasteiger partial charge in [0.05, 0.1) is 11.5 Å². The molecule has 0 aliphatic heterocycles. The van der Waals surface area contributed by atoms with Gasteiger partial charge in [-0.15, -0.1) is 0 Å². The molecule has 1 atom stereocenters. The summed E-state index contributed by atoms with van der Waals surface area (Å²) in [5.41, 5.74) is -0.452. The van der Waals surface area contributed by atoms with E-state index >= 15 is 0 Å². The smallest absolute Gasteiger partial charge is 0.313 e. The number of carbonyl (C=O) groups is 1. The van der Waals surface area contributed by atoms with Gasteiger partial charge in [0.25, 0.3) is 0 Å². The van der Waals surface area contributed by atoms with Gasteiger partial charge in [0.2, 0.25) is 0 Å². The predicted molar refractivity (Wildman–Crippen MR) is 74.3 cm³/mol. The standard InChI is InChI=1S/C15H30O3/c1-6-7-8-9-10-11-13(2)17-12-18-14(16)15(3,4)5/h13H,6-12H2,1-5H3. The van der Waals surface area contributed by atoms with Crippen molar-refractivity contribution >= 4 is 5.97 Å². The fourth-order valence-electron chi connectivity index (χ4n) is 1.54. The maximum atomic E-state index is 11.5. The molecule has 0 radical (unpaired) electrons. The van der Waals surface area contributed by atoms with Crippen LogP contribution in [0.1, 0.15) is 73.1 Å². The fourth-order valence-corrected chi connectivity index (χ4v) is 1.54. The number of ether oxygens (including phenoxy) is 2. The largest absolute Gasteiger partial charge is 0.438 e. The van der Waals surface area contributed by atoms with E-state index in [1.807, 2.05) is 27.7 Å². The molecule has 0 rings (SSSR count). The van der Waals surface area contributed by atoms with Crippen molar-refractivity contribution in [2.24, 2.45) is 5.41 Å². The Morgan fingerprint density at radius 2 is 1.72 bits per heavy atom. The lowest BCUT2D eigenvalue weighted by atomic mass is 9.98. The van der Waals surface area contributed by atoms with Crippen molar-refractivity contribution in [1.82, 2.24) is 0 Å². The van der Waals surface area contributed by atoms with Gasteiger partial charge in [0.1, 0.15) is 0 Å². The van der Waals surface area contributed by atoms with E-state index in [1.54, 1.807) is 0 Å². The Hall–Kier alpha value is -0.570. The molecule has 0 fully saturated rings. The zero-order chi connectivity index (χ0) is 14.0. The Kier molecular flexibility index (Phi) is 9.08. The van der Waals surface area contributed by atoms with Crippen LogP contribution in [0.15, 0.2) is 0 Å². The van der Waals surface area contributed by atoms with Gasteiger partial charge in [-0.05, 0) is 34.1 Å². The SMILES string of the molecule is CCCCCCCC(C)OCOC(=O)C(C)(C)C. The molecule has 0 aliphatic rings. The molecular formula is C15H30O3. The molecule has 0 bridgehead atoms. The molecule has 0 amide bonds. The third kappa shape index (κ3) is 9.46. The van der Waals surface area contributed by atoms with Crippen molar-refractivity contribution in [2.75, 3.05) is 6.79 Å². The molecule has 18 heavy (non-hydrogen) atoms. The number of unbranched alkanes of at least 4 members (excludes halogenated alkanes) is 4. The molecule has 0 aromatic carbocycles.